The maximum Gasteiger partial charge on any atom is 1.00 e. The molecule has 0 aliphatic carbocycles. The van der Waals surface area contributed by atoms with E-state index in [0.717, 1.165) is 12.7 Å². The molecule has 5 heterocycles. The van der Waals surface area contributed by atoms with Crippen molar-refractivity contribution in [2.75, 3.05) is 0 Å². The number of aliphatic carboxylic acids is 3. The van der Waals surface area contributed by atoms with Crippen LogP contribution in [-0.4, -0.2) is 72.5 Å². The van der Waals surface area contributed by atoms with E-state index in [1.54, 1.807) is 0 Å². The zero-order valence-corrected chi connectivity index (χ0v) is 37.1. The van der Waals surface area contributed by atoms with Crippen LogP contribution in [0.2, 0.25) is 0 Å². The standard InChI is InChI=1S/C34H52N4O7.Cu.3Na/c1-6-18-15(3)23-11-24-16(4)20(8-9-29(40)41)32(37-24)21(10-30(42)43)33-31(34(44)45)17(5)25(38-33)12-27-19(7-2)22(14-39)28(36-27)13-26(18)35-23;;;;/h6,14-28,31-33,36-37H,1,7-13H2,2-5H3,(H,40,41)(H,42,43)(H,44,45);;;;/q-2;;3*+1/p-3/t15?,16-,17?,18?,19?,20-,21?,22?,23?,24?,25?,26?,27?,28?,31?,32?,33?;;;;/m0..../s1. The maximum atomic E-state index is 12.7. The van der Waals surface area contributed by atoms with Crippen LogP contribution in [0, 0.1) is 53.3 Å². The Labute approximate surface area is 368 Å². The zero-order chi connectivity index (χ0) is 32.7. The monoisotopic (exact) mass is 757 g/mol. The molecule has 5 aliphatic rings. The second-order valence-electron chi connectivity index (χ2n) is 14.7. The number of nitrogens with zero attached hydrogens (tertiary/aromatic N) is 2. The fourth-order valence-electron chi connectivity index (χ4n) is 10.3. The summed E-state index contributed by atoms with van der Waals surface area (Å²) in [4.78, 5) is 49.1. The van der Waals surface area contributed by atoms with E-state index in [1.807, 2.05) is 13.0 Å². The van der Waals surface area contributed by atoms with Gasteiger partial charge in [0.25, 0.3) is 0 Å². The van der Waals surface area contributed by atoms with Crippen molar-refractivity contribution >= 4 is 24.2 Å². The summed E-state index contributed by atoms with van der Waals surface area (Å²) in [5.74, 6) is -5.99. The Morgan fingerprint density at radius 1 is 0.776 bits per heavy atom. The molecule has 11 nitrogen and oxygen atoms in total. The molecular weight excluding hydrogens is 709 g/mol. The fourth-order valence-corrected chi connectivity index (χ4v) is 10.3. The first-order valence-corrected chi connectivity index (χ1v) is 17.0. The van der Waals surface area contributed by atoms with Crippen LogP contribution in [0.1, 0.15) is 72.6 Å². The number of hydrogen-bond donors (Lipinski definition) is 2. The van der Waals surface area contributed by atoms with Gasteiger partial charge in [-0.05, 0) is 54.8 Å². The van der Waals surface area contributed by atoms with E-state index in [4.69, 9.17) is 10.6 Å². The molecule has 5 aliphatic heterocycles. The van der Waals surface area contributed by atoms with Crippen molar-refractivity contribution in [3.05, 3.63) is 23.3 Å². The molecule has 0 amide bonds. The summed E-state index contributed by atoms with van der Waals surface area (Å²) in [5, 5.41) is 54.4. The predicted molar refractivity (Wildman–Crippen MR) is 161 cm³/mol. The van der Waals surface area contributed by atoms with Crippen LogP contribution in [-0.2, 0) is 36.2 Å². The minimum atomic E-state index is -1.30. The fraction of sp³-hybridized carbons (Fsp3) is 0.824. The molecule has 263 valence electrons. The quantitative estimate of drug-likeness (QED) is 0.131. The van der Waals surface area contributed by atoms with Crippen molar-refractivity contribution in [3.63, 3.8) is 0 Å². The smallest absolute Gasteiger partial charge is 0.656 e. The topological polar surface area (TPSA) is 190 Å². The third-order valence-electron chi connectivity index (χ3n) is 12.7. The first kappa shape index (κ1) is 48.2. The summed E-state index contributed by atoms with van der Waals surface area (Å²) < 4.78 is 0. The molecule has 15 heteroatoms. The molecule has 5 saturated heterocycles. The Kier molecular flexibility index (Phi) is 20.4. The van der Waals surface area contributed by atoms with Gasteiger partial charge in [-0.1, -0.05) is 71.3 Å². The van der Waals surface area contributed by atoms with Gasteiger partial charge in [0, 0.05) is 65.1 Å². The van der Waals surface area contributed by atoms with Gasteiger partial charge in [-0.2, -0.15) is 0 Å². The van der Waals surface area contributed by atoms with Crippen LogP contribution in [0.4, 0.5) is 0 Å². The summed E-state index contributed by atoms with van der Waals surface area (Å²) in [6, 6.07) is -2.00. The van der Waals surface area contributed by atoms with Crippen LogP contribution in [0.5, 0.6) is 0 Å². The second kappa shape index (κ2) is 20.7. The van der Waals surface area contributed by atoms with Crippen molar-refractivity contribution in [2.24, 2.45) is 53.3 Å². The van der Waals surface area contributed by atoms with Gasteiger partial charge < -0.3 is 55.8 Å². The van der Waals surface area contributed by atoms with Crippen molar-refractivity contribution in [2.45, 2.75) is 121 Å². The van der Waals surface area contributed by atoms with E-state index in [1.165, 1.54) is 0 Å². The molecule has 0 spiro atoms. The summed E-state index contributed by atoms with van der Waals surface area (Å²) in [6.07, 6.45) is 5.40. The summed E-state index contributed by atoms with van der Waals surface area (Å²) in [6.45, 7) is 12.3. The second-order valence-corrected chi connectivity index (χ2v) is 14.7. The number of aldehydes is 1. The van der Waals surface area contributed by atoms with E-state index in [9.17, 15) is 34.5 Å². The van der Waals surface area contributed by atoms with Crippen LogP contribution < -0.4 is 115 Å². The Balaban J connectivity index is 0.00000300. The Bertz CT molecular complexity index is 1160. The Morgan fingerprint density at radius 2 is 1.39 bits per heavy atom. The number of carbonyl (C=O) groups is 4. The number of carboxylic acids is 3. The number of rotatable bonds is 9. The molecule has 0 aromatic carbocycles. The first-order valence-electron chi connectivity index (χ1n) is 17.0. The zero-order valence-electron chi connectivity index (χ0n) is 30.2. The van der Waals surface area contributed by atoms with Gasteiger partial charge >= 0.3 is 88.7 Å². The van der Waals surface area contributed by atoms with E-state index in [2.05, 4.69) is 38.0 Å². The Morgan fingerprint density at radius 3 is 1.94 bits per heavy atom. The van der Waals surface area contributed by atoms with Gasteiger partial charge in [0.05, 0.1) is 0 Å². The van der Waals surface area contributed by atoms with Gasteiger partial charge in [0.15, 0.2) is 0 Å². The van der Waals surface area contributed by atoms with Crippen molar-refractivity contribution < 1.29 is 140 Å². The molecule has 17 atom stereocenters. The molecule has 5 rings (SSSR count). The number of hydrogen-bond acceptors (Lipinski definition) is 9. The largest absolute Gasteiger partial charge is 1.00 e. The number of carbonyl (C=O) groups excluding carboxylic acids is 4. The first-order chi connectivity index (χ1) is 21.4. The van der Waals surface area contributed by atoms with Crippen LogP contribution in [0.25, 0.3) is 10.6 Å². The van der Waals surface area contributed by atoms with Crippen molar-refractivity contribution in [3.8, 4) is 0 Å². The number of nitrogens with one attached hydrogen (secondary N) is 2. The van der Waals surface area contributed by atoms with Crippen LogP contribution in [0.15, 0.2) is 12.7 Å². The molecule has 49 heavy (non-hydrogen) atoms. The third kappa shape index (κ3) is 10.1. The van der Waals surface area contributed by atoms with Crippen LogP contribution >= 0.6 is 0 Å². The van der Waals surface area contributed by atoms with Gasteiger partial charge in [0.2, 0.25) is 0 Å². The van der Waals surface area contributed by atoms with E-state index in [-0.39, 0.29) is 190 Å². The van der Waals surface area contributed by atoms with Gasteiger partial charge in [-0.15, -0.1) is 30.7 Å². The third-order valence-corrected chi connectivity index (χ3v) is 12.7. The molecule has 0 aromatic heterocycles. The average molecular weight is 758 g/mol. The van der Waals surface area contributed by atoms with Gasteiger partial charge in [-0.25, -0.2) is 0 Å². The van der Waals surface area contributed by atoms with Crippen LogP contribution in [0.3, 0.4) is 0 Å². The maximum absolute atomic E-state index is 12.7. The van der Waals surface area contributed by atoms with Gasteiger partial charge in [0.1, 0.15) is 6.29 Å². The summed E-state index contributed by atoms with van der Waals surface area (Å²) >= 11 is 0. The number of fused-ring (bicyclic) bond motifs is 8. The molecular formula is C34H49CuN4Na3O7-2. The molecule has 8 bridgehead atoms. The molecule has 1 radical (unpaired) electrons. The van der Waals surface area contributed by atoms with Gasteiger partial charge in [-0.3, -0.25) is 0 Å². The van der Waals surface area contributed by atoms with Crippen molar-refractivity contribution in [1.29, 1.82) is 0 Å². The predicted octanol–water partition coefficient (Wildman–Crippen LogP) is -9.07. The summed E-state index contributed by atoms with van der Waals surface area (Å²) in [5.41, 5.74) is 0. The Hall–Kier alpha value is 1.18. The van der Waals surface area contributed by atoms with E-state index < -0.39 is 54.2 Å². The minimum absolute atomic E-state index is 0. The van der Waals surface area contributed by atoms with E-state index >= 15 is 0 Å². The molecule has 0 saturated carbocycles. The minimum Gasteiger partial charge on any atom is -0.656 e. The summed E-state index contributed by atoms with van der Waals surface area (Å²) in [7, 11) is 0. The number of carboxylic acid groups (broad SMARTS) is 3. The average Bonchev–Trinajstić information content (AvgIpc) is 3.67. The molecule has 2 N–H and O–H groups in total. The molecule has 5 fully saturated rings. The SMILES string of the molecule is C=CC1C2CC3NC(CC4[N-]C(C(CC(=O)[O-])C5NC(CC([N-]2)C1C)[C@@H](C)[C@@H]5CCC(=O)[O-])C(C(=O)[O-])C4C)C(CC)C3C=O.[Cu].[Na+].[Na+].[Na+]. The van der Waals surface area contributed by atoms with Crippen molar-refractivity contribution in [1.82, 2.24) is 10.6 Å². The normalized spacial score (nSPS) is 43.9. The molecule has 0 aromatic rings. The van der Waals surface area contributed by atoms with E-state index in [0.29, 0.717) is 19.3 Å². The molecule has 15 unspecified atom stereocenters.